The molecule has 1 aliphatic heterocycles. The van der Waals surface area contributed by atoms with Crippen LogP contribution in [0.3, 0.4) is 0 Å². The second kappa shape index (κ2) is 7.32. The molecule has 0 spiro atoms. The number of methoxy groups -OCH3 is 1. The molecule has 3 rings (SSSR count). The molecule has 1 atom stereocenters. The number of amides is 1. The maximum atomic E-state index is 13.0. The minimum Gasteiger partial charge on any atom is -0.497 e. The van der Waals surface area contributed by atoms with Crippen molar-refractivity contribution in [2.45, 2.75) is 33.4 Å². The van der Waals surface area contributed by atoms with Crippen molar-refractivity contribution in [3.63, 3.8) is 0 Å². The van der Waals surface area contributed by atoms with Crippen LogP contribution >= 0.6 is 0 Å². The number of ether oxygens (including phenoxy) is 1. The second-order valence-electron chi connectivity index (χ2n) is 7.46. The Kier molecular flexibility index (Phi) is 5.12. The van der Waals surface area contributed by atoms with E-state index in [1.165, 1.54) is 0 Å². The first kappa shape index (κ1) is 18.2. The van der Waals surface area contributed by atoms with E-state index in [2.05, 4.69) is 26.0 Å². The lowest BCUT2D eigenvalue weighted by molar-refractivity contribution is -0.123. The van der Waals surface area contributed by atoms with Crippen LogP contribution in [0.25, 0.3) is 0 Å². The Hall–Kier alpha value is -2.62. The Morgan fingerprint density at radius 2 is 1.77 bits per heavy atom. The average Bonchev–Trinajstić information content (AvgIpc) is 2.86. The van der Waals surface area contributed by atoms with Crippen LogP contribution in [-0.2, 0) is 11.3 Å². The number of nitrogens with zero attached hydrogens (tertiary/aromatic N) is 2. The summed E-state index contributed by atoms with van der Waals surface area (Å²) in [5.74, 6) is 0.856. The first-order valence-electron chi connectivity index (χ1n) is 8.96. The Morgan fingerprint density at radius 1 is 1.12 bits per heavy atom. The monoisotopic (exact) mass is 350 g/mol. The smallest absolute Gasteiger partial charge is 0.268 e. The highest BCUT2D eigenvalue weighted by Crippen LogP contribution is 2.31. The molecule has 0 bridgehead atoms. The number of likely N-dealkylation sites (tertiary alicyclic amines) is 1. The molecule has 4 nitrogen and oxygen atoms in total. The largest absolute Gasteiger partial charge is 0.497 e. The van der Waals surface area contributed by atoms with E-state index in [-0.39, 0.29) is 17.4 Å². The standard InChI is InChI=1S/C22H26N2O2/c1-16(18-8-6-5-7-9-18)23-20-21(25)24(15-22(20,2)3)14-17-10-12-19(26-4)13-11-17/h5-13,16H,14-15H2,1-4H3/t16-/m1/s1. The van der Waals surface area contributed by atoms with E-state index in [0.29, 0.717) is 18.8 Å². The van der Waals surface area contributed by atoms with Gasteiger partial charge in [-0.2, -0.15) is 0 Å². The van der Waals surface area contributed by atoms with Crippen LogP contribution in [-0.4, -0.2) is 30.2 Å². The fourth-order valence-corrected chi connectivity index (χ4v) is 3.37. The zero-order chi connectivity index (χ0) is 18.7. The summed E-state index contributed by atoms with van der Waals surface area (Å²) in [6.07, 6.45) is 0. The Balaban J connectivity index is 1.79. The van der Waals surface area contributed by atoms with E-state index in [4.69, 9.17) is 9.73 Å². The van der Waals surface area contributed by atoms with E-state index < -0.39 is 0 Å². The number of hydrogen-bond donors (Lipinski definition) is 0. The van der Waals surface area contributed by atoms with Crippen molar-refractivity contribution in [1.29, 1.82) is 0 Å². The van der Waals surface area contributed by atoms with Crippen molar-refractivity contribution in [3.05, 3.63) is 65.7 Å². The molecule has 4 heteroatoms. The van der Waals surface area contributed by atoms with Crippen LogP contribution in [0.4, 0.5) is 0 Å². The van der Waals surface area contributed by atoms with Gasteiger partial charge in [-0.05, 0) is 30.2 Å². The molecule has 1 heterocycles. The van der Waals surface area contributed by atoms with E-state index in [0.717, 1.165) is 16.9 Å². The van der Waals surface area contributed by atoms with Gasteiger partial charge in [0.05, 0.1) is 13.2 Å². The van der Waals surface area contributed by atoms with Gasteiger partial charge >= 0.3 is 0 Å². The number of rotatable bonds is 5. The number of aliphatic imine (C=N–C) groups is 1. The predicted molar refractivity (Wildman–Crippen MR) is 104 cm³/mol. The van der Waals surface area contributed by atoms with Crippen molar-refractivity contribution in [2.75, 3.05) is 13.7 Å². The lowest BCUT2D eigenvalue weighted by atomic mass is 9.90. The minimum absolute atomic E-state index is 0.0321. The lowest BCUT2D eigenvalue weighted by Gasteiger charge is -2.19. The maximum Gasteiger partial charge on any atom is 0.268 e. The van der Waals surface area contributed by atoms with E-state index in [9.17, 15) is 4.79 Å². The van der Waals surface area contributed by atoms with Gasteiger partial charge in [0.2, 0.25) is 0 Å². The highest BCUT2D eigenvalue weighted by molar-refractivity contribution is 6.42. The molecule has 0 radical (unpaired) electrons. The van der Waals surface area contributed by atoms with Gasteiger partial charge in [-0.3, -0.25) is 9.79 Å². The summed E-state index contributed by atoms with van der Waals surface area (Å²) in [5.41, 5.74) is 2.62. The van der Waals surface area contributed by atoms with Gasteiger partial charge in [-0.1, -0.05) is 56.3 Å². The summed E-state index contributed by atoms with van der Waals surface area (Å²) in [7, 11) is 1.65. The normalized spacial score (nSPS) is 19.0. The Labute approximate surface area is 155 Å². The molecule has 1 amide bonds. The van der Waals surface area contributed by atoms with Gasteiger partial charge in [0.15, 0.2) is 0 Å². The number of hydrogen-bond acceptors (Lipinski definition) is 3. The topological polar surface area (TPSA) is 41.9 Å². The first-order chi connectivity index (χ1) is 12.4. The number of benzene rings is 2. The van der Waals surface area contributed by atoms with Crippen LogP contribution in [0, 0.1) is 5.41 Å². The van der Waals surface area contributed by atoms with Crippen LogP contribution in [0.1, 0.15) is 37.9 Å². The molecular weight excluding hydrogens is 324 g/mol. The SMILES string of the molecule is COc1ccc(CN2CC(C)(C)C(=N[C@H](C)c3ccccc3)C2=O)cc1. The molecule has 2 aromatic carbocycles. The van der Waals surface area contributed by atoms with Gasteiger partial charge in [-0.15, -0.1) is 0 Å². The lowest BCUT2D eigenvalue weighted by Crippen LogP contribution is -2.27. The first-order valence-corrected chi connectivity index (χ1v) is 8.96. The quantitative estimate of drug-likeness (QED) is 0.808. The summed E-state index contributed by atoms with van der Waals surface area (Å²) < 4.78 is 5.20. The zero-order valence-electron chi connectivity index (χ0n) is 15.9. The highest BCUT2D eigenvalue weighted by Gasteiger charge is 2.42. The number of carbonyl (C=O) groups excluding carboxylic acids is 1. The molecule has 2 aromatic rings. The third kappa shape index (κ3) is 3.79. The molecule has 1 fully saturated rings. The molecule has 26 heavy (non-hydrogen) atoms. The summed E-state index contributed by atoms with van der Waals surface area (Å²) in [4.78, 5) is 19.7. The van der Waals surface area contributed by atoms with Gasteiger partial charge in [-0.25, -0.2) is 0 Å². The van der Waals surface area contributed by atoms with Gasteiger partial charge in [0, 0.05) is 18.5 Å². The third-order valence-corrected chi connectivity index (χ3v) is 4.85. The van der Waals surface area contributed by atoms with Gasteiger partial charge in [0.1, 0.15) is 11.5 Å². The molecular formula is C22H26N2O2. The Bertz CT molecular complexity index is 795. The van der Waals surface area contributed by atoms with E-state index >= 15 is 0 Å². The van der Waals surface area contributed by atoms with Crippen LogP contribution in [0.2, 0.25) is 0 Å². The molecule has 1 aliphatic rings. The van der Waals surface area contributed by atoms with Crippen molar-refractivity contribution in [1.82, 2.24) is 4.90 Å². The maximum absolute atomic E-state index is 13.0. The minimum atomic E-state index is -0.257. The third-order valence-electron chi connectivity index (χ3n) is 4.85. The van der Waals surface area contributed by atoms with E-state index in [1.54, 1.807) is 7.11 Å². The fourth-order valence-electron chi connectivity index (χ4n) is 3.37. The van der Waals surface area contributed by atoms with Crippen LogP contribution in [0.15, 0.2) is 59.6 Å². The molecule has 0 aromatic heterocycles. The van der Waals surface area contributed by atoms with E-state index in [1.807, 2.05) is 54.3 Å². The highest BCUT2D eigenvalue weighted by atomic mass is 16.5. The summed E-state index contributed by atoms with van der Waals surface area (Å²) in [6.45, 7) is 7.49. The van der Waals surface area contributed by atoms with Crippen molar-refractivity contribution in [3.8, 4) is 5.75 Å². The predicted octanol–water partition coefficient (Wildman–Crippen LogP) is 4.27. The van der Waals surface area contributed by atoms with Crippen molar-refractivity contribution in [2.24, 2.45) is 10.4 Å². The van der Waals surface area contributed by atoms with Crippen molar-refractivity contribution < 1.29 is 9.53 Å². The van der Waals surface area contributed by atoms with Crippen LogP contribution in [0.5, 0.6) is 5.75 Å². The molecule has 1 saturated heterocycles. The summed E-state index contributed by atoms with van der Waals surface area (Å²) in [5, 5.41) is 0. The molecule has 0 aliphatic carbocycles. The summed E-state index contributed by atoms with van der Waals surface area (Å²) in [6, 6.07) is 17.9. The molecule has 0 unspecified atom stereocenters. The molecule has 136 valence electrons. The number of carbonyl (C=O) groups is 1. The fraction of sp³-hybridized carbons (Fsp3) is 0.364. The van der Waals surface area contributed by atoms with Crippen LogP contribution < -0.4 is 4.74 Å². The van der Waals surface area contributed by atoms with Crippen molar-refractivity contribution >= 4 is 11.6 Å². The zero-order valence-corrected chi connectivity index (χ0v) is 15.9. The average molecular weight is 350 g/mol. The Morgan fingerprint density at radius 3 is 2.38 bits per heavy atom. The van der Waals surface area contributed by atoms with Gasteiger partial charge < -0.3 is 9.64 Å². The molecule has 0 saturated carbocycles. The molecule has 0 N–H and O–H groups in total. The van der Waals surface area contributed by atoms with Gasteiger partial charge in [0.25, 0.3) is 5.91 Å². The summed E-state index contributed by atoms with van der Waals surface area (Å²) >= 11 is 0. The second-order valence-corrected chi connectivity index (χ2v) is 7.46.